The Balaban J connectivity index is 1.38. The van der Waals surface area contributed by atoms with E-state index in [4.69, 9.17) is 4.74 Å². The molecule has 3 aromatic rings. The Kier molecular flexibility index (Phi) is 8.47. The Morgan fingerprint density at radius 1 is 1.20 bits per heavy atom. The standard InChI is InChI=1S/C26H31N5O2S2/c1-4-31-23(15-33-19-12-11-17(2)18(3)13-19)29-30-26(31)34-16-24(32)28-25-21(14-27)20-9-7-5-6-8-10-22(20)35-25/h11-13H,4-10,15-16H2,1-3H3,(H,28,32). The van der Waals surface area contributed by atoms with Gasteiger partial charge in [0, 0.05) is 11.4 Å². The number of hydrogen-bond donors (Lipinski definition) is 1. The van der Waals surface area contributed by atoms with Crippen LogP contribution in [0.2, 0.25) is 0 Å². The second kappa shape index (κ2) is 11.7. The molecule has 0 aliphatic heterocycles. The summed E-state index contributed by atoms with van der Waals surface area (Å²) < 4.78 is 7.90. The van der Waals surface area contributed by atoms with E-state index in [9.17, 15) is 10.1 Å². The zero-order valence-electron chi connectivity index (χ0n) is 20.5. The van der Waals surface area contributed by atoms with E-state index in [1.807, 2.05) is 29.7 Å². The van der Waals surface area contributed by atoms with E-state index in [-0.39, 0.29) is 11.7 Å². The molecule has 0 saturated heterocycles. The molecule has 9 heteroatoms. The average Bonchev–Trinajstić information content (AvgIpc) is 3.37. The number of aryl methyl sites for hydroxylation is 3. The van der Waals surface area contributed by atoms with Crippen molar-refractivity contribution in [1.82, 2.24) is 14.8 Å². The predicted molar refractivity (Wildman–Crippen MR) is 140 cm³/mol. The highest BCUT2D eigenvalue weighted by molar-refractivity contribution is 7.99. The fourth-order valence-corrected chi connectivity index (χ4v) is 6.30. The van der Waals surface area contributed by atoms with Gasteiger partial charge in [-0.25, -0.2) is 0 Å². The number of benzene rings is 1. The number of amides is 1. The quantitative estimate of drug-likeness (QED) is 0.385. The molecule has 2 aromatic heterocycles. The summed E-state index contributed by atoms with van der Waals surface area (Å²) in [6, 6.07) is 8.35. The monoisotopic (exact) mass is 509 g/mol. The molecule has 1 aromatic carbocycles. The molecule has 0 fully saturated rings. The van der Waals surface area contributed by atoms with Gasteiger partial charge in [0.2, 0.25) is 5.91 Å². The maximum atomic E-state index is 12.8. The van der Waals surface area contributed by atoms with Crippen LogP contribution in [0.25, 0.3) is 0 Å². The number of thiophene rings is 1. The van der Waals surface area contributed by atoms with Gasteiger partial charge in [0.05, 0.1) is 11.3 Å². The Hall–Kier alpha value is -2.83. The van der Waals surface area contributed by atoms with E-state index < -0.39 is 0 Å². The molecular formula is C26H31N5O2S2. The first kappa shape index (κ1) is 25.3. The number of anilines is 1. The highest BCUT2D eigenvalue weighted by Gasteiger charge is 2.21. The molecule has 1 amide bonds. The van der Waals surface area contributed by atoms with E-state index in [2.05, 4.69) is 35.4 Å². The SMILES string of the molecule is CCn1c(COc2ccc(C)c(C)c2)nnc1SCC(=O)Nc1sc2c(c1C#N)CCCCCC2. The third-order valence-corrected chi connectivity index (χ3v) is 8.50. The number of fused-ring (bicyclic) bond motifs is 1. The van der Waals surface area contributed by atoms with Gasteiger partial charge in [0.15, 0.2) is 11.0 Å². The first-order valence-corrected chi connectivity index (χ1v) is 13.9. The van der Waals surface area contributed by atoms with Crippen LogP contribution in [0.4, 0.5) is 5.00 Å². The minimum absolute atomic E-state index is 0.140. The lowest BCUT2D eigenvalue weighted by atomic mass is 9.97. The summed E-state index contributed by atoms with van der Waals surface area (Å²) in [7, 11) is 0. The van der Waals surface area contributed by atoms with Crippen molar-refractivity contribution >= 4 is 34.0 Å². The van der Waals surface area contributed by atoms with Gasteiger partial charge in [-0.2, -0.15) is 5.26 Å². The smallest absolute Gasteiger partial charge is 0.235 e. The van der Waals surface area contributed by atoms with Crippen molar-refractivity contribution < 1.29 is 9.53 Å². The molecule has 0 unspecified atom stereocenters. The van der Waals surface area contributed by atoms with E-state index in [0.717, 1.165) is 42.8 Å². The van der Waals surface area contributed by atoms with Crippen LogP contribution in [-0.4, -0.2) is 26.4 Å². The summed E-state index contributed by atoms with van der Waals surface area (Å²) in [4.78, 5) is 14.0. The van der Waals surface area contributed by atoms with Crippen LogP contribution in [0, 0.1) is 25.2 Å². The van der Waals surface area contributed by atoms with Gasteiger partial charge in [-0.1, -0.05) is 30.7 Å². The number of carbonyl (C=O) groups excluding carboxylic acids is 1. The molecule has 4 rings (SSSR count). The van der Waals surface area contributed by atoms with Crippen LogP contribution in [-0.2, 0) is 30.8 Å². The van der Waals surface area contributed by atoms with Crippen LogP contribution in [0.3, 0.4) is 0 Å². The summed E-state index contributed by atoms with van der Waals surface area (Å²) >= 11 is 2.91. The van der Waals surface area contributed by atoms with E-state index in [1.54, 1.807) is 11.3 Å². The number of ether oxygens (including phenoxy) is 1. The highest BCUT2D eigenvalue weighted by Crippen LogP contribution is 2.36. The Morgan fingerprint density at radius 3 is 2.74 bits per heavy atom. The number of nitriles is 1. The van der Waals surface area contributed by atoms with E-state index >= 15 is 0 Å². The fourth-order valence-electron chi connectivity index (χ4n) is 4.22. The molecule has 0 bridgehead atoms. The van der Waals surface area contributed by atoms with Gasteiger partial charge in [-0.15, -0.1) is 21.5 Å². The zero-order valence-corrected chi connectivity index (χ0v) is 22.2. The Morgan fingerprint density at radius 2 is 2.00 bits per heavy atom. The van der Waals surface area contributed by atoms with Gasteiger partial charge in [-0.05, 0) is 75.3 Å². The number of nitrogens with zero attached hydrogens (tertiary/aromatic N) is 4. The van der Waals surface area contributed by atoms with Crippen LogP contribution in [0.15, 0.2) is 23.4 Å². The van der Waals surface area contributed by atoms with Crippen molar-refractivity contribution in [2.75, 3.05) is 11.1 Å². The van der Waals surface area contributed by atoms with Crippen molar-refractivity contribution in [2.45, 2.75) is 77.6 Å². The molecule has 1 aliphatic rings. The van der Waals surface area contributed by atoms with E-state index in [1.165, 1.54) is 40.6 Å². The summed E-state index contributed by atoms with van der Waals surface area (Å²) in [5.41, 5.74) is 4.19. The van der Waals surface area contributed by atoms with Crippen molar-refractivity contribution in [2.24, 2.45) is 0 Å². The number of rotatable bonds is 8. The normalized spacial score (nSPS) is 13.4. The second-order valence-corrected chi connectivity index (χ2v) is 10.8. The van der Waals surface area contributed by atoms with Crippen molar-refractivity contribution in [3.8, 4) is 11.8 Å². The number of carbonyl (C=O) groups is 1. The van der Waals surface area contributed by atoms with Crippen LogP contribution < -0.4 is 10.1 Å². The number of aromatic nitrogens is 3. The minimum atomic E-state index is -0.140. The molecule has 0 spiro atoms. The third-order valence-electron chi connectivity index (χ3n) is 6.32. The molecule has 35 heavy (non-hydrogen) atoms. The van der Waals surface area contributed by atoms with Gasteiger partial charge >= 0.3 is 0 Å². The number of nitrogens with one attached hydrogen (secondary N) is 1. The van der Waals surface area contributed by atoms with Crippen LogP contribution in [0.5, 0.6) is 5.75 Å². The molecule has 0 atom stereocenters. The molecule has 0 radical (unpaired) electrons. The molecule has 2 heterocycles. The Bertz CT molecular complexity index is 1240. The molecule has 1 N–H and O–H groups in total. The lowest BCUT2D eigenvalue weighted by molar-refractivity contribution is -0.113. The zero-order chi connectivity index (χ0) is 24.8. The molecule has 7 nitrogen and oxygen atoms in total. The average molecular weight is 510 g/mol. The van der Waals surface area contributed by atoms with Crippen LogP contribution >= 0.6 is 23.1 Å². The van der Waals surface area contributed by atoms with Gasteiger partial charge in [-0.3, -0.25) is 4.79 Å². The number of thioether (sulfide) groups is 1. The summed E-state index contributed by atoms with van der Waals surface area (Å²) in [5, 5.41) is 22.7. The van der Waals surface area contributed by atoms with Gasteiger partial charge in [0.1, 0.15) is 23.4 Å². The molecule has 1 aliphatic carbocycles. The maximum Gasteiger partial charge on any atom is 0.235 e. The summed E-state index contributed by atoms with van der Waals surface area (Å²) in [6.07, 6.45) is 6.59. The van der Waals surface area contributed by atoms with Crippen molar-refractivity contribution in [1.29, 1.82) is 5.26 Å². The second-order valence-electron chi connectivity index (χ2n) is 8.75. The van der Waals surface area contributed by atoms with E-state index in [0.29, 0.717) is 28.9 Å². The molecule has 184 valence electrons. The van der Waals surface area contributed by atoms with Crippen molar-refractivity contribution in [3.63, 3.8) is 0 Å². The first-order chi connectivity index (χ1) is 17.0. The summed E-state index contributed by atoms with van der Waals surface area (Å²) in [6.45, 7) is 7.14. The third kappa shape index (κ3) is 6.06. The van der Waals surface area contributed by atoms with Gasteiger partial charge < -0.3 is 14.6 Å². The van der Waals surface area contributed by atoms with Crippen molar-refractivity contribution in [3.05, 3.63) is 51.2 Å². The molecule has 0 saturated carbocycles. The predicted octanol–water partition coefficient (Wildman–Crippen LogP) is 5.82. The minimum Gasteiger partial charge on any atom is -0.486 e. The lowest BCUT2D eigenvalue weighted by Crippen LogP contribution is -2.15. The largest absolute Gasteiger partial charge is 0.486 e. The maximum absolute atomic E-state index is 12.8. The fraction of sp³-hybridized carbons (Fsp3) is 0.462. The number of hydrogen-bond acceptors (Lipinski definition) is 7. The van der Waals surface area contributed by atoms with Gasteiger partial charge in [0.25, 0.3) is 0 Å². The topological polar surface area (TPSA) is 92.8 Å². The Labute approximate surface area is 214 Å². The van der Waals surface area contributed by atoms with Crippen LogP contribution in [0.1, 0.15) is 65.6 Å². The first-order valence-electron chi connectivity index (χ1n) is 12.1. The molecular weight excluding hydrogens is 478 g/mol. The highest BCUT2D eigenvalue weighted by atomic mass is 32.2. The lowest BCUT2D eigenvalue weighted by Gasteiger charge is -2.10. The summed E-state index contributed by atoms with van der Waals surface area (Å²) in [5.74, 6) is 1.58.